The average Bonchev–Trinajstić information content (AvgIpc) is 2.20. The summed E-state index contributed by atoms with van der Waals surface area (Å²) in [6.45, 7) is 6.01. The first-order valence-electron chi connectivity index (χ1n) is 5.19. The Hall–Kier alpha value is -0.750. The van der Waals surface area contributed by atoms with Crippen LogP contribution in [0.4, 0.5) is 0 Å². The van der Waals surface area contributed by atoms with E-state index in [0.717, 1.165) is 11.4 Å². The fourth-order valence-corrected chi connectivity index (χ4v) is 1.86. The zero-order valence-corrected chi connectivity index (χ0v) is 9.48. The molecule has 1 aromatic rings. The molecule has 0 bridgehead atoms. The van der Waals surface area contributed by atoms with E-state index in [1.165, 1.54) is 30.4 Å². The topological polar surface area (TPSA) is 0 Å². The Morgan fingerprint density at radius 1 is 1.36 bits per heavy atom. The van der Waals surface area contributed by atoms with Crippen molar-refractivity contribution in [2.24, 2.45) is 0 Å². The Bertz CT molecular complexity index is 302. The SMILES string of the molecule is C=Cc1cccc(Cl)c1CCCCC. The van der Waals surface area contributed by atoms with E-state index in [1.54, 1.807) is 0 Å². The summed E-state index contributed by atoms with van der Waals surface area (Å²) < 4.78 is 0. The molecule has 0 saturated heterocycles. The molecule has 1 heteroatoms. The van der Waals surface area contributed by atoms with Crippen molar-refractivity contribution in [1.82, 2.24) is 0 Å². The molecule has 1 rings (SSSR count). The summed E-state index contributed by atoms with van der Waals surface area (Å²) >= 11 is 6.14. The number of halogens is 1. The van der Waals surface area contributed by atoms with Crippen LogP contribution >= 0.6 is 11.6 Å². The van der Waals surface area contributed by atoms with Crippen LogP contribution in [0.1, 0.15) is 37.3 Å². The maximum atomic E-state index is 6.14. The monoisotopic (exact) mass is 208 g/mol. The molecule has 0 atom stereocenters. The number of rotatable bonds is 5. The minimum absolute atomic E-state index is 0.874. The molecule has 0 aliphatic carbocycles. The van der Waals surface area contributed by atoms with Crippen LogP contribution in [0.3, 0.4) is 0 Å². The van der Waals surface area contributed by atoms with Crippen LogP contribution in [0.25, 0.3) is 6.08 Å². The summed E-state index contributed by atoms with van der Waals surface area (Å²) in [5, 5.41) is 0.874. The van der Waals surface area contributed by atoms with Crippen molar-refractivity contribution in [1.29, 1.82) is 0 Å². The molecular formula is C13H17Cl. The van der Waals surface area contributed by atoms with E-state index in [1.807, 2.05) is 18.2 Å². The van der Waals surface area contributed by atoms with Gasteiger partial charge in [0.05, 0.1) is 0 Å². The second-order valence-corrected chi connectivity index (χ2v) is 3.88. The molecular weight excluding hydrogens is 192 g/mol. The smallest absolute Gasteiger partial charge is 0.0443 e. The largest absolute Gasteiger partial charge is 0.0985 e. The van der Waals surface area contributed by atoms with Crippen molar-refractivity contribution in [3.63, 3.8) is 0 Å². The van der Waals surface area contributed by atoms with E-state index in [9.17, 15) is 0 Å². The van der Waals surface area contributed by atoms with Gasteiger partial charge in [-0.1, -0.05) is 56.2 Å². The Labute approximate surface area is 91.6 Å². The van der Waals surface area contributed by atoms with Crippen molar-refractivity contribution < 1.29 is 0 Å². The van der Waals surface area contributed by atoms with Crippen LogP contribution < -0.4 is 0 Å². The lowest BCUT2D eigenvalue weighted by molar-refractivity contribution is 0.717. The quantitative estimate of drug-likeness (QED) is 0.615. The van der Waals surface area contributed by atoms with Gasteiger partial charge in [-0.25, -0.2) is 0 Å². The predicted octanol–water partition coefficient (Wildman–Crippen LogP) is 4.72. The molecule has 0 radical (unpaired) electrons. The highest BCUT2D eigenvalue weighted by Gasteiger charge is 2.03. The average molecular weight is 209 g/mol. The number of benzene rings is 1. The molecule has 0 aromatic heterocycles. The standard InChI is InChI=1S/C13H17Cl/c1-3-5-6-9-12-11(4-2)8-7-10-13(12)14/h4,7-8,10H,2-3,5-6,9H2,1H3. The van der Waals surface area contributed by atoms with Gasteiger partial charge in [0.15, 0.2) is 0 Å². The Kier molecular flexibility index (Phi) is 4.75. The van der Waals surface area contributed by atoms with Crippen LogP contribution in [0.5, 0.6) is 0 Å². The summed E-state index contributed by atoms with van der Waals surface area (Å²) in [5.41, 5.74) is 2.42. The molecule has 0 amide bonds. The Morgan fingerprint density at radius 3 is 2.79 bits per heavy atom. The van der Waals surface area contributed by atoms with Crippen molar-refractivity contribution in [3.05, 3.63) is 40.9 Å². The molecule has 0 unspecified atom stereocenters. The molecule has 0 fully saturated rings. The van der Waals surface area contributed by atoms with E-state index in [0.29, 0.717) is 0 Å². The molecule has 1 aromatic carbocycles. The highest BCUT2D eigenvalue weighted by Crippen LogP contribution is 2.23. The third-order valence-corrected chi connectivity index (χ3v) is 2.76. The molecule has 0 aliphatic heterocycles. The number of hydrogen-bond donors (Lipinski definition) is 0. The predicted molar refractivity (Wildman–Crippen MR) is 64.8 cm³/mol. The van der Waals surface area contributed by atoms with Gasteiger partial charge in [-0.2, -0.15) is 0 Å². The van der Waals surface area contributed by atoms with Crippen LogP contribution in [0.2, 0.25) is 5.02 Å². The summed E-state index contributed by atoms with van der Waals surface area (Å²) in [5.74, 6) is 0. The molecule has 0 N–H and O–H groups in total. The molecule has 0 spiro atoms. The molecule has 14 heavy (non-hydrogen) atoms. The highest BCUT2D eigenvalue weighted by atomic mass is 35.5. The maximum Gasteiger partial charge on any atom is 0.0443 e. The second-order valence-electron chi connectivity index (χ2n) is 3.47. The van der Waals surface area contributed by atoms with Crippen molar-refractivity contribution in [2.75, 3.05) is 0 Å². The summed E-state index contributed by atoms with van der Waals surface area (Å²) in [7, 11) is 0. The van der Waals surface area contributed by atoms with E-state index in [-0.39, 0.29) is 0 Å². The normalized spacial score (nSPS) is 10.1. The van der Waals surface area contributed by atoms with E-state index < -0.39 is 0 Å². The molecule has 76 valence electrons. The zero-order valence-electron chi connectivity index (χ0n) is 8.72. The minimum atomic E-state index is 0.874. The van der Waals surface area contributed by atoms with Crippen LogP contribution in [-0.2, 0) is 6.42 Å². The summed E-state index contributed by atoms with van der Waals surface area (Å²) in [6, 6.07) is 6.00. The summed E-state index contributed by atoms with van der Waals surface area (Å²) in [6.07, 6.45) is 6.67. The summed E-state index contributed by atoms with van der Waals surface area (Å²) in [4.78, 5) is 0. The maximum absolute atomic E-state index is 6.14. The van der Waals surface area contributed by atoms with Crippen LogP contribution in [-0.4, -0.2) is 0 Å². The third-order valence-electron chi connectivity index (χ3n) is 2.41. The van der Waals surface area contributed by atoms with Gasteiger partial charge >= 0.3 is 0 Å². The van der Waals surface area contributed by atoms with Gasteiger partial charge in [-0.15, -0.1) is 0 Å². The van der Waals surface area contributed by atoms with Gasteiger partial charge in [0.25, 0.3) is 0 Å². The fourth-order valence-electron chi connectivity index (χ4n) is 1.58. The third kappa shape index (κ3) is 2.88. The first kappa shape index (κ1) is 11.3. The van der Waals surface area contributed by atoms with Gasteiger partial charge in [-0.05, 0) is 30.0 Å². The number of unbranched alkanes of at least 4 members (excludes halogenated alkanes) is 2. The van der Waals surface area contributed by atoms with E-state index in [2.05, 4.69) is 19.6 Å². The van der Waals surface area contributed by atoms with Gasteiger partial charge < -0.3 is 0 Å². The Morgan fingerprint density at radius 2 is 2.14 bits per heavy atom. The molecule has 0 saturated carbocycles. The lowest BCUT2D eigenvalue weighted by Crippen LogP contribution is -1.91. The van der Waals surface area contributed by atoms with E-state index >= 15 is 0 Å². The number of hydrogen-bond acceptors (Lipinski definition) is 0. The molecule has 0 heterocycles. The minimum Gasteiger partial charge on any atom is -0.0985 e. The second kappa shape index (κ2) is 5.87. The van der Waals surface area contributed by atoms with Crippen molar-refractivity contribution in [2.45, 2.75) is 32.6 Å². The Balaban J connectivity index is 2.77. The molecule has 0 nitrogen and oxygen atoms in total. The first-order chi connectivity index (χ1) is 6.79. The highest BCUT2D eigenvalue weighted by molar-refractivity contribution is 6.31. The van der Waals surface area contributed by atoms with Gasteiger partial charge in [0.2, 0.25) is 0 Å². The lowest BCUT2D eigenvalue weighted by atomic mass is 10.0. The molecule has 0 aliphatic rings. The van der Waals surface area contributed by atoms with Crippen molar-refractivity contribution >= 4 is 17.7 Å². The van der Waals surface area contributed by atoms with Gasteiger partial charge in [-0.3, -0.25) is 0 Å². The fraction of sp³-hybridized carbons (Fsp3) is 0.385. The first-order valence-corrected chi connectivity index (χ1v) is 5.57. The van der Waals surface area contributed by atoms with Crippen LogP contribution in [0, 0.1) is 0 Å². The lowest BCUT2D eigenvalue weighted by Gasteiger charge is -2.07. The van der Waals surface area contributed by atoms with Gasteiger partial charge in [0.1, 0.15) is 0 Å². The van der Waals surface area contributed by atoms with Gasteiger partial charge in [0, 0.05) is 5.02 Å². The zero-order chi connectivity index (χ0) is 10.4. The van der Waals surface area contributed by atoms with Crippen LogP contribution in [0.15, 0.2) is 24.8 Å². The van der Waals surface area contributed by atoms with E-state index in [4.69, 9.17) is 11.6 Å². The van der Waals surface area contributed by atoms with Crippen molar-refractivity contribution in [3.8, 4) is 0 Å².